The highest BCUT2D eigenvalue weighted by molar-refractivity contribution is 7.12. The van der Waals surface area contributed by atoms with E-state index in [4.69, 9.17) is 0 Å². The topological polar surface area (TPSA) is 52.5 Å². The first-order valence-corrected chi connectivity index (χ1v) is 9.74. The molecule has 2 atom stereocenters. The molecule has 0 saturated carbocycles. The number of nitrogens with one attached hydrogen (secondary N) is 1. The Morgan fingerprint density at radius 3 is 2.75 bits per heavy atom. The Labute approximate surface area is 147 Å². The van der Waals surface area contributed by atoms with Gasteiger partial charge in [-0.15, -0.1) is 11.3 Å². The number of rotatable bonds is 3. The lowest BCUT2D eigenvalue weighted by molar-refractivity contribution is 0.383. The number of benzene rings is 1. The second-order valence-corrected chi connectivity index (χ2v) is 8.75. The molecule has 4 heteroatoms. The number of phenolic OH excluding ortho intramolecular Hbond substituents is 2. The van der Waals surface area contributed by atoms with E-state index < -0.39 is 0 Å². The van der Waals surface area contributed by atoms with Gasteiger partial charge >= 0.3 is 0 Å². The van der Waals surface area contributed by atoms with E-state index in [-0.39, 0.29) is 11.5 Å². The predicted molar refractivity (Wildman–Crippen MR) is 98.0 cm³/mol. The Hall–Kier alpha value is -1.52. The lowest BCUT2D eigenvalue weighted by Crippen LogP contribution is -2.41. The number of hydrogen-bond acceptors (Lipinski definition) is 4. The number of aromatic hydroxyl groups is 2. The SMILES string of the molecule is CC(C)CCc1cc2c(s1)[C@H]1c3cc(O)c(O)cc3CC[C@@H]1NC2. The number of hydrogen-bond donors (Lipinski definition) is 3. The molecule has 0 bridgehead atoms. The van der Waals surface area contributed by atoms with Crippen LogP contribution in [0.25, 0.3) is 0 Å². The van der Waals surface area contributed by atoms with Gasteiger partial charge in [-0.2, -0.15) is 0 Å². The van der Waals surface area contributed by atoms with E-state index in [9.17, 15) is 10.2 Å². The van der Waals surface area contributed by atoms with Crippen LogP contribution in [0.1, 0.15) is 59.1 Å². The largest absolute Gasteiger partial charge is 0.504 e. The van der Waals surface area contributed by atoms with Gasteiger partial charge in [0.05, 0.1) is 0 Å². The van der Waals surface area contributed by atoms with E-state index in [0.29, 0.717) is 12.0 Å². The third-order valence-corrected chi connectivity index (χ3v) is 6.72. The molecule has 0 amide bonds. The van der Waals surface area contributed by atoms with Gasteiger partial charge in [0.15, 0.2) is 11.5 Å². The molecule has 2 aromatic rings. The molecular formula is C20H25NO2S. The minimum absolute atomic E-state index is 0.00000545. The maximum Gasteiger partial charge on any atom is 0.157 e. The Morgan fingerprint density at radius 1 is 1.17 bits per heavy atom. The first-order chi connectivity index (χ1) is 11.5. The first-order valence-electron chi connectivity index (χ1n) is 8.92. The molecule has 1 aliphatic heterocycles. The summed E-state index contributed by atoms with van der Waals surface area (Å²) in [6.07, 6.45) is 4.42. The van der Waals surface area contributed by atoms with E-state index in [1.807, 2.05) is 11.3 Å². The number of phenols is 2. The molecule has 1 aromatic carbocycles. The molecule has 2 aliphatic rings. The Balaban J connectivity index is 1.73. The van der Waals surface area contributed by atoms with Crippen LogP contribution in [0.5, 0.6) is 11.5 Å². The van der Waals surface area contributed by atoms with E-state index in [0.717, 1.165) is 31.7 Å². The van der Waals surface area contributed by atoms with Crippen molar-refractivity contribution in [2.24, 2.45) is 5.92 Å². The van der Waals surface area contributed by atoms with Gasteiger partial charge in [0, 0.05) is 28.3 Å². The zero-order valence-corrected chi connectivity index (χ0v) is 15.1. The monoisotopic (exact) mass is 343 g/mol. The fourth-order valence-electron chi connectivity index (χ4n) is 4.08. The van der Waals surface area contributed by atoms with Gasteiger partial charge in [0.2, 0.25) is 0 Å². The van der Waals surface area contributed by atoms with Crippen molar-refractivity contribution in [1.82, 2.24) is 5.32 Å². The standard InChI is InChI=1S/C20H25NO2S/c1-11(2)3-5-14-7-13-10-21-16-6-4-12-8-17(22)18(23)9-15(12)19(16)20(13)24-14/h7-9,11,16,19,21-23H,3-6,10H2,1-2H3/t16-,19-/m0/s1. The number of fused-ring (bicyclic) bond motifs is 5. The van der Waals surface area contributed by atoms with Crippen molar-refractivity contribution < 1.29 is 10.2 Å². The third kappa shape index (κ3) is 2.72. The summed E-state index contributed by atoms with van der Waals surface area (Å²) in [5, 5.41) is 23.5. The zero-order valence-electron chi connectivity index (χ0n) is 14.3. The highest BCUT2D eigenvalue weighted by atomic mass is 32.1. The Morgan fingerprint density at radius 2 is 1.96 bits per heavy atom. The highest BCUT2D eigenvalue weighted by Gasteiger charge is 2.37. The second kappa shape index (κ2) is 6.08. The van der Waals surface area contributed by atoms with E-state index in [1.165, 1.54) is 32.9 Å². The maximum atomic E-state index is 10.00. The van der Waals surface area contributed by atoms with Crippen LogP contribution in [-0.2, 0) is 19.4 Å². The van der Waals surface area contributed by atoms with Crippen molar-refractivity contribution in [2.75, 3.05) is 0 Å². The van der Waals surface area contributed by atoms with Crippen LogP contribution < -0.4 is 5.32 Å². The van der Waals surface area contributed by atoms with Crippen LogP contribution in [0.15, 0.2) is 18.2 Å². The van der Waals surface area contributed by atoms with Gasteiger partial charge in [-0.05, 0) is 66.5 Å². The lowest BCUT2D eigenvalue weighted by atomic mass is 9.75. The molecule has 0 fully saturated rings. The predicted octanol–water partition coefficient (Wildman–Crippen LogP) is 4.30. The van der Waals surface area contributed by atoms with Crippen LogP contribution in [0.2, 0.25) is 0 Å². The minimum atomic E-state index is -0.00175. The fourth-order valence-corrected chi connectivity index (χ4v) is 5.46. The van der Waals surface area contributed by atoms with Gasteiger partial charge in [-0.25, -0.2) is 0 Å². The maximum absolute atomic E-state index is 10.00. The van der Waals surface area contributed by atoms with Crippen LogP contribution in [0, 0.1) is 5.92 Å². The van der Waals surface area contributed by atoms with Crippen LogP contribution >= 0.6 is 11.3 Å². The molecular weight excluding hydrogens is 318 g/mol. The van der Waals surface area contributed by atoms with E-state index in [2.05, 4.69) is 25.2 Å². The van der Waals surface area contributed by atoms with Crippen molar-refractivity contribution in [2.45, 2.75) is 58.0 Å². The summed E-state index contributed by atoms with van der Waals surface area (Å²) in [7, 11) is 0. The number of thiophene rings is 1. The fraction of sp³-hybridized carbons (Fsp3) is 0.500. The van der Waals surface area contributed by atoms with Crippen molar-refractivity contribution in [1.29, 1.82) is 0 Å². The summed E-state index contributed by atoms with van der Waals surface area (Å²) in [5.74, 6) is 1.03. The van der Waals surface area contributed by atoms with Crippen molar-refractivity contribution in [3.05, 3.63) is 44.6 Å². The molecule has 1 aliphatic carbocycles. The molecule has 0 spiro atoms. The van der Waals surface area contributed by atoms with Gasteiger partial charge in [-0.3, -0.25) is 0 Å². The van der Waals surface area contributed by atoms with Gasteiger partial charge in [-0.1, -0.05) is 13.8 Å². The zero-order chi connectivity index (χ0) is 16.8. The normalized spacial score (nSPS) is 22.1. The quantitative estimate of drug-likeness (QED) is 0.729. The highest BCUT2D eigenvalue weighted by Crippen LogP contribution is 2.46. The molecule has 24 heavy (non-hydrogen) atoms. The van der Waals surface area contributed by atoms with Gasteiger partial charge in [0.1, 0.15) is 0 Å². The van der Waals surface area contributed by atoms with Crippen LogP contribution in [0.4, 0.5) is 0 Å². The summed E-state index contributed by atoms with van der Waals surface area (Å²) < 4.78 is 0. The molecule has 4 rings (SSSR count). The average molecular weight is 343 g/mol. The smallest absolute Gasteiger partial charge is 0.157 e. The number of aryl methyl sites for hydroxylation is 2. The summed E-state index contributed by atoms with van der Waals surface area (Å²) in [6, 6.07) is 6.35. The summed E-state index contributed by atoms with van der Waals surface area (Å²) in [5.41, 5.74) is 3.78. The minimum Gasteiger partial charge on any atom is -0.504 e. The summed E-state index contributed by atoms with van der Waals surface area (Å²) in [6.45, 7) is 5.50. The van der Waals surface area contributed by atoms with Gasteiger partial charge < -0.3 is 15.5 Å². The van der Waals surface area contributed by atoms with Gasteiger partial charge in [0.25, 0.3) is 0 Å². The molecule has 1 aromatic heterocycles. The van der Waals surface area contributed by atoms with Crippen LogP contribution in [0.3, 0.4) is 0 Å². The molecule has 3 N–H and O–H groups in total. The van der Waals surface area contributed by atoms with Crippen molar-refractivity contribution in [3.63, 3.8) is 0 Å². The molecule has 3 nitrogen and oxygen atoms in total. The molecule has 128 valence electrons. The van der Waals surface area contributed by atoms with E-state index >= 15 is 0 Å². The molecule has 2 heterocycles. The first kappa shape index (κ1) is 16.0. The average Bonchev–Trinajstić information content (AvgIpc) is 2.97. The van der Waals surface area contributed by atoms with Crippen LogP contribution in [-0.4, -0.2) is 16.3 Å². The summed E-state index contributed by atoms with van der Waals surface area (Å²) >= 11 is 1.95. The molecule has 0 radical (unpaired) electrons. The summed E-state index contributed by atoms with van der Waals surface area (Å²) in [4.78, 5) is 2.94. The third-order valence-electron chi connectivity index (χ3n) is 5.40. The lowest BCUT2D eigenvalue weighted by Gasteiger charge is -2.38. The molecule has 0 saturated heterocycles. The van der Waals surface area contributed by atoms with Crippen molar-refractivity contribution >= 4 is 11.3 Å². The second-order valence-electron chi connectivity index (χ2n) is 7.58. The van der Waals surface area contributed by atoms with E-state index in [1.54, 1.807) is 12.1 Å². The van der Waals surface area contributed by atoms with Crippen molar-refractivity contribution in [3.8, 4) is 11.5 Å². The molecule has 0 unspecified atom stereocenters. The Kier molecular flexibility index (Phi) is 4.05. The Bertz CT molecular complexity index is 765.